The molecule has 2 N–H and O–H groups in total. The van der Waals surface area contributed by atoms with Gasteiger partial charge in [0.05, 0.1) is 0 Å². The van der Waals surface area contributed by atoms with Gasteiger partial charge in [-0.05, 0) is 37.4 Å². The van der Waals surface area contributed by atoms with Crippen molar-refractivity contribution in [2.24, 2.45) is 0 Å². The monoisotopic (exact) mass is 276 g/mol. The minimum absolute atomic E-state index is 0.454. The minimum Gasteiger partial charge on any atom is -0.480 e. The van der Waals surface area contributed by atoms with E-state index < -0.39 is 12.0 Å². The summed E-state index contributed by atoms with van der Waals surface area (Å²) in [6.07, 6.45) is 2.07. The van der Waals surface area contributed by atoms with Crippen molar-refractivity contribution in [2.45, 2.75) is 31.7 Å². The number of rotatable bonds is 7. The lowest BCUT2D eigenvalue weighted by atomic mass is 9.99. The number of benzene rings is 1. The molecule has 0 bridgehead atoms. The lowest BCUT2D eigenvalue weighted by molar-refractivity contribution is -0.139. The molecule has 1 aromatic carbocycles. The molecule has 0 amide bonds. The molecule has 1 saturated heterocycles. The molecule has 110 valence electrons. The van der Waals surface area contributed by atoms with Crippen LogP contribution >= 0.6 is 0 Å². The van der Waals surface area contributed by atoms with Crippen LogP contribution in [0.15, 0.2) is 30.3 Å². The fourth-order valence-electron chi connectivity index (χ4n) is 2.80. The van der Waals surface area contributed by atoms with Gasteiger partial charge in [-0.25, -0.2) is 0 Å². The zero-order valence-electron chi connectivity index (χ0n) is 12.1. The van der Waals surface area contributed by atoms with Crippen LogP contribution in [0.1, 0.15) is 31.2 Å². The van der Waals surface area contributed by atoms with E-state index in [2.05, 4.69) is 34.5 Å². The Bertz CT molecular complexity index is 422. The standard InChI is InChI=1S/C16H24N2O2/c1-2-9-17-15(16(19)20)12-18-10-8-14(11-18)13-6-4-3-5-7-13/h3-7,14-15,17H,2,8-12H2,1H3,(H,19,20). The average molecular weight is 276 g/mol. The molecule has 1 aliphatic heterocycles. The Balaban J connectivity index is 1.87. The smallest absolute Gasteiger partial charge is 0.322 e. The van der Waals surface area contributed by atoms with Gasteiger partial charge in [-0.15, -0.1) is 0 Å². The largest absolute Gasteiger partial charge is 0.480 e. The van der Waals surface area contributed by atoms with E-state index in [0.717, 1.165) is 32.5 Å². The second-order valence-electron chi connectivity index (χ2n) is 5.50. The van der Waals surface area contributed by atoms with Crippen LogP contribution in [-0.2, 0) is 4.79 Å². The van der Waals surface area contributed by atoms with Crippen LogP contribution in [0.25, 0.3) is 0 Å². The molecule has 1 aliphatic rings. The highest BCUT2D eigenvalue weighted by Crippen LogP contribution is 2.26. The van der Waals surface area contributed by atoms with Gasteiger partial charge < -0.3 is 15.3 Å². The maximum Gasteiger partial charge on any atom is 0.322 e. The molecule has 20 heavy (non-hydrogen) atoms. The fourth-order valence-corrected chi connectivity index (χ4v) is 2.80. The zero-order chi connectivity index (χ0) is 14.4. The number of aliphatic carboxylic acids is 1. The van der Waals surface area contributed by atoms with E-state index in [9.17, 15) is 9.90 Å². The van der Waals surface area contributed by atoms with Crippen molar-refractivity contribution in [3.63, 3.8) is 0 Å². The molecule has 1 fully saturated rings. The van der Waals surface area contributed by atoms with Crippen molar-refractivity contribution in [1.82, 2.24) is 10.2 Å². The quantitative estimate of drug-likeness (QED) is 0.799. The summed E-state index contributed by atoms with van der Waals surface area (Å²) in [4.78, 5) is 13.5. The van der Waals surface area contributed by atoms with E-state index in [1.54, 1.807) is 0 Å². The number of hydrogen-bond acceptors (Lipinski definition) is 3. The molecule has 2 unspecified atom stereocenters. The molecule has 4 nitrogen and oxygen atoms in total. The van der Waals surface area contributed by atoms with E-state index in [1.165, 1.54) is 5.56 Å². The third kappa shape index (κ3) is 4.05. The Hall–Kier alpha value is -1.39. The summed E-state index contributed by atoms with van der Waals surface area (Å²) in [5, 5.41) is 12.4. The molecule has 2 atom stereocenters. The second kappa shape index (κ2) is 7.41. The van der Waals surface area contributed by atoms with Crippen LogP contribution in [0.4, 0.5) is 0 Å². The van der Waals surface area contributed by atoms with Gasteiger partial charge in [0, 0.05) is 13.1 Å². The molecule has 1 heterocycles. The fraction of sp³-hybridized carbons (Fsp3) is 0.562. The molecule has 0 radical (unpaired) electrons. The van der Waals surface area contributed by atoms with Gasteiger partial charge in [-0.3, -0.25) is 4.79 Å². The van der Waals surface area contributed by atoms with Crippen molar-refractivity contribution in [2.75, 3.05) is 26.2 Å². The van der Waals surface area contributed by atoms with Gasteiger partial charge in [0.25, 0.3) is 0 Å². The van der Waals surface area contributed by atoms with Crippen molar-refractivity contribution < 1.29 is 9.90 Å². The van der Waals surface area contributed by atoms with Gasteiger partial charge in [-0.2, -0.15) is 0 Å². The summed E-state index contributed by atoms with van der Waals surface area (Å²) in [7, 11) is 0. The van der Waals surface area contributed by atoms with Crippen LogP contribution in [0.2, 0.25) is 0 Å². The summed E-state index contributed by atoms with van der Waals surface area (Å²) < 4.78 is 0. The van der Waals surface area contributed by atoms with Crippen molar-refractivity contribution in [1.29, 1.82) is 0 Å². The van der Waals surface area contributed by atoms with Crippen LogP contribution in [-0.4, -0.2) is 48.2 Å². The zero-order valence-corrected chi connectivity index (χ0v) is 12.1. The van der Waals surface area contributed by atoms with Gasteiger partial charge in [0.15, 0.2) is 0 Å². The Morgan fingerprint density at radius 3 is 2.85 bits per heavy atom. The number of nitrogens with zero attached hydrogens (tertiary/aromatic N) is 1. The molecule has 0 aromatic heterocycles. The van der Waals surface area contributed by atoms with E-state index in [1.807, 2.05) is 13.0 Å². The van der Waals surface area contributed by atoms with Crippen molar-refractivity contribution in [3.8, 4) is 0 Å². The lowest BCUT2D eigenvalue weighted by Gasteiger charge is -2.22. The van der Waals surface area contributed by atoms with E-state index in [-0.39, 0.29) is 0 Å². The lowest BCUT2D eigenvalue weighted by Crippen LogP contribution is -2.45. The molecule has 4 heteroatoms. The van der Waals surface area contributed by atoms with E-state index in [4.69, 9.17) is 0 Å². The predicted octanol–water partition coefficient (Wildman–Crippen LogP) is 1.93. The first-order valence-electron chi connectivity index (χ1n) is 7.44. The third-order valence-electron chi connectivity index (χ3n) is 3.92. The second-order valence-corrected chi connectivity index (χ2v) is 5.50. The SMILES string of the molecule is CCCNC(CN1CCC(c2ccccc2)C1)C(=O)O. The molecule has 0 aliphatic carbocycles. The average Bonchev–Trinajstić information content (AvgIpc) is 2.92. The highest BCUT2D eigenvalue weighted by atomic mass is 16.4. The summed E-state index contributed by atoms with van der Waals surface area (Å²) in [5.41, 5.74) is 1.36. The summed E-state index contributed by atoms with van der Waals surface area (Å²) in [6, 6.07) is 10.0. The van der Waals surface area contributed by atoms with Crippen LogP contribution in [0, 0.1) is 0 Å². The van der Waals surface area contributed by atoms with E-state index in [0.29, 0.717) is 12.5 Å². The first-order valence-corrected chi connectivity index (χ1v) is 7.44. The van der Waals surface area contributed by atoms with E-state index >= 15 is 0 Å². The highest BCUT2D eigenvalue weighted by Gasteiger charge is 2.27. The number of hydrogen-bond donors (Lipinski definition) is 2. The van der Waals surface area contributed by atoms with Crippen LogP contribution in [0.3, 0.4) is 0 Å². The number of nitrogens with one attached hydrogen (secondary N) is 1. The Labute approximate surface area is 120 Å². The van der Waals surface area contributed by atoms with Gasteiger partial charge in [-0.1, -0.05) is 37.3 Å². The normalized spacial score (nSPS) is 20.9. The van der Waals surface area contributed by atoms with Gasteiger partial charge in [0.2, 0.25) is 0 Å². The van der Waals surface area contributed by atoms with Crippen LogP contribution < -0.4 is 5.32 Å². The first-order chi connectivity index (χ1) is 9.70. The first kappa shape index (κ1) is 15.0. The summed E-state index contributed by atoms with van der Waals surface area (Å²) >= 11 is 0. The molecular formula is C16H24N2O2. The maximum absolute atomic E-state index is 11.3. The molecule has 0 saturated carbocycles. The highest BCUT2D eigenvalue weighted by molar-refractivity contribution is 5.73. The maximum atomic E-state index is 11.3. The Morgan fingerprint density at radius 2 is 2.20 bits per heavy atom. The van der Waals surface area contributed by atoms with Crippen LogP contribution in [0.5, 0.6) is 0 Å². The predicted molar refractivity (Wildman–Crippen MR) is 80.0 cm³/mol. The summed E-state index contributed by atoms with van der Waals surface area (Å²) in [6.45, 7) is 5.34. The number of carboxylic acid groups (broad SMARTS) is 1. The molecular weight excluding hydrogens is 252 g/mol. The van der Waals surface area contributed by atoms with Crippen molar-refractivity contribution in [3.05, 3.63) is 35.9 Å². The Morgan fingerprint density at radius 1 is 1.45 bits per heavy atom. The van der Waals surface area contributed by atoms with Crippen molar-refractivity contribution >= 4 is 5.97 Å². The van der Waals surface area contributed by atoms with Gasteiger partial charge in [0.1, 0.15) is 6.04 Å². The molecule has 1 aromatic rings. The number of carbonyl (C=O) groups is 1. The molecule has 2 rings (SSSR count). The number of likely N-dealkylation sites (tertiary alicyclic amines) is 1. The number of carboxylic acids is 1. The third-order valence-corrected chi connectivity index (χ3v) is 3.92. The molecule has 0 spiro atoms. The summed E-state index contributed by atoms with van der Waals surface area (Å²) in [5.74, 6) is -0.210. The topological polar surface area (TPSA) is 52.6 Å². The van der Waals surface area contributed by atoms with Gasteiger partial charge >= 0.3 is 5.97 Å². The Kier molecular flexibility index (Phi) is 5.56. The minimum atomic E-state index is -0.749.